The molecule has 1 aromatic carbocycles. The summed E-state index contributed by atoms with van der Waals surface area (Å²) in [4.78, 5) is 15.5. The molecule has 1 N–H and O–H groups in total. The minimum Gasteiger partial charge on any atom is -0.342 e. The van der Waals surface area contributed by atoms with Crippen LogP contribution < -0.4 is 5.32 Å². The van der Waals surface area contributed by atoms with Gasteiger partial charge in [0.25, 0.3) is 0 Å². The molecular formula is C19H29ClN2O. The van der Waals surface area contributed by atoms with Crippen LogP contribution in [0.15, 0.2) is 24.3 Å². The van der Waals surface area contributed by atoms with Crippen molar-refractivity contribution < 1.29 is 4.79 Å². The minimum absolute atomic E-state index is 0. The second-order valence-corrected chi connectivity index (χ2v) is 7.01. The predicted octanol–water partition coefficient (Wildman–Crippen LogP) is 3.44. The molecule has 0 unspecified atom stereocenters. The SMILES string of the molecule is CNC1CCN(C(=O)C2(c3cccc(C)c3)CCCC2)CC1.Cl. The van der Waals surface area contributed by atoms with Crippen LogP contribution in [0.25, 0.3) is 0 Å². The Balaban J connectivity index is 0.00000192. The van der Waals surface area contributed by atoms with Gasteiger partial charge < -0.3 is 10.2 Å². The van der Waals surface area contributed by atoms with E-state index in [0.717, 1.165) is 38.8 Å². The van der Waals surface area contributed by atoms with Crippen LogP contribution in [0.4, 0.5) is 0 Å². The van der Waals surface area contributed by atoms with Crippen LogP contribution in [-0.2, 0) is 10.2 Å². The molecule has 0 bridgehead atoms. The molecule has 1 heterocycles. The number of carbonyl (C=O) groups excluding carboxylic acids is 1. The number of piperidine rings is 1. The summed E-state index contributed by atoms with van der Waals surface area (Å²) in [5.74, 6) is 0.380. The number of hydrogen-bond acceptors (Lipinski definition) is 2. The molecule has 0 atom stereocenters. The summed E-state index contributed by atoms with van der Waals surface area (Å²) < 4.78 is 0. The minimum atomic E-state index is -0.251. The second-order valence-electron chi connectivity index (χ2n) is 7.01. The van der Waals surface area contributed by atoms with Gasteiger partial charge in [-0.2, -0.15) is 0 Å². The van der Waals surface area contributed by atoms with Crippen molar-refractivity contribution in [2.75, 3.05) is 20.1 Å². The molecule has 1 aliphatic heterocycles. The van der Waals surface area contributed by atoms with E-state index in [1.54, 1.807) is 0 Å². The van der Waals surface area contributed by atoms with Gasteiger partial charge in [-0.05, 0) is 45.2 Å². The molecule has 1 saturated carbocycles. The Bertz CT molecular complexity index is 532. The fraction of sp³-hybridized carbons (Fsp3) is 0.632. The molecule has 0 spiro atoms. The number of benzene rings is 1. The zero-order chi connectivity index (χ0) is 15.6. The molecule has 1 saturated heterocycles. The fourth-order valence-corrected chi connectivity index (χ4v) is 4.22. The first-order valence-corrected chi connectivity index (χ1v) is 8.69. The summed E-state index contributed by atoms with van der Waals surface area (Å²) in [5.41, 5.74) is 2.24. The van der Waals surface area contributed by atoms with E-state index in [4.69, 9.17) is 0 Å². The standard InChI is InChI=1S/C19H28N2O.ClH/c1-15-6-5-7-16(14-15)19(10-3-4-11-19)18(22)21-12-8-17(20-2)9-13-21;/h5-7,14,17,20H,3-4,8-13H2,1-2H3;1H. The largest absolute Gasteiger partial charge is 0.342 e. The highest BCUT2D eigenvalue weighted by Crippen LogP contribution is 2.43. The number of carbonyl (C=O) groups is 1. The first-order valence-electron chi connectivity index (χ1n) is 8.69. The number of amides is 1. The van der Waals surface area contributed by atoms with Crippen LogP contribution in [0.5, 0.6) is 0 Å². The van der Waals surface area contributed by atoms with Gasteiger partial charge in [0.05, 0.1) is 5.41 Å². The van der Waals surface area contributed by atoms with E-state index >= 15 is 0 Å². The summed E-state index contributed by atoms with van der Waals surface area (Å²) in [7, 11) is 2.02. The molecule has 23 heavy (non-hydrogen) atoms. The van der Waals surface area contributed by atoms with Crippen molar-refractivity contribution in [1.82, 2.24) is 10.2 Å². The molecule has 0 radical (unpaired) electrons. The lowest BCUT2D eigenvalue weighted by molar-refractivity contribution is -0.138. The maximum Gasteiger partial charge on any atom is 0.233 e. The Hall–Kier alpha value is -1.06. The normalized spacial score (nSPS) is 21.0. The number of nitrogens with one attached hydrogen (secondary N) is 1. The van der Waals surface area contributed by atoms with Crippen molar-refractivity contribution in [2.24, 2.45) is 0 Å². The maximum absolute atomic E-state index is 13.3. The zero-order valence-corrected chi connectivity index (χ0v) is 15.1. The number of likely N-dealkylation sites (tertiary alicyclic amines) is 1. The Morgan fingerprint density at radius 3 is 2.43 bits per heavy atom. The highest BCUT2D eigenvalue weighted by atomic mass is 35.5. The van der Waals surface area contributed by atoms with Crippen molar-refractivity contribution >= 4 is 18.3 Å². The monoisotopic (exact) mass is 336 g/mol. The molecule has 0 aromatic heterocycles. The van der Waals surface area contributed by atoms with E-state index in [1.807, 2.05) is 7.05 Å². The van der Waals surface area contributed by atoms with Crippen LogP contribution in [0.1, 0.15) is 49.7 Å². The van der Waals surface area contributed by atoms with Gasteiger partial charge in [-0.25, -0.2) is 0 Å². The lowest BCUT2D eigenvalue weighted by atomic mass is 9.76. The van der Waals surface area contributed by atoms with Gasteiger partial charge in [0, 0.05) is 19.1 Å². The third-order valence-electron chi connectivity index (χ3n) is 5.63. The zero-order valence-electron chi connectivity index (χ0n) is 14.3. The highest BCUT2D eigenvalue weighted by molar-refractivity contribution is 5.88. The molecule has 2 fully saturated rings. The van der Waals surface area contributed by atoms with Gasteiger partial charge in [0.1, 0.15) is 0 Å². The quantitative estimate of drug-likeness (QED) is 0.917. The summed E-state index contributed by atoms with van der Waals surface area (Å²) in [6.45, 7) is 3.92. The highest BCUT2D eigenvalue weighted by Gasteiger charge is 2.45. The Labute approximate surface area is 146 Å². The third kappa shape index (κ3) is 3.56. The van der Waals surface area contributed by atoms with E-state index in [9.17, 15) is 4.79 Å². The Morgan fingerprint density at radius 1 is 1.22 bits per heavy atom. The number of nitrogens with zero attached hydrogens (tertiary/aromatic N) is 1. The summed E-state index contributed by atoms with van der Waals surface area (Å²) in [5, 5.41) is 3.34. The topological polar surface area (TPSA) is 32.3 Å². The molecule has 3 nitrogen and oxygen atoms in total. The first kappa shape index (κ1) is 18.3. The maximum atomic E-state index is 13.3. The Kier molecular flexibility index (Phi) is 6.10. The fourth-order valence-electron chi connectivity index (χ4n) is 4.22. The van der Waals surface area contributed by atoms with E-state index < -0.39 is 0 Å². The van der Waals surface area contributed by atoms with Gasteiger partial charge in [-0.15, -0.1) is 12.4 Å². The van der Waals surface area contributed by atoms with Crippen molar-refractivity contribution in [1.29, 1.82) is 0 Å². The van der Waals surface area contributed by atoms with Gasteiger partial charge in [0.15, 0.2) is 0 Å². The molecule has 128 valence electrons. The lowest BCUT2D eigenvalue weighted by Crippen LogP contribution is -2.50. The molecule has 4 heteroatoms. The predicted molar refractivity (Wildman–Crippen MR) is 97.2 cm³/mol. The van der Waals surface area contributed by atoms with Crippen LogP contribution in [-0.4, -0.2) is 37.0 Å². The third-order valence-corrected chi connectivity index (χ3v) is 5.63. The van der Waals surface area contributed by atoms with Crippen molar-refractivity contribution in [3.8, 4) is 0 Å². The van der Waals surface area contributed by atoms with Gasteiger partial charge in [-0.1, -0.05) is 42.7 Å². The van der Waals surface area contributed by atoms with Gasteiger partial charge >= 0.3 is 0 Å². The van der Waals surface area contributed by atoms with E-state index in [2.05, 4.69) is 41.4 Å². The summed E-state index contributed by atoms with van der Waals surface area (Å²) in [6, 6.07) is 9.18. The summed E-state index contributed by atoms with van der Waals surface area (Å²) >= 11 is 0. The molecular weight excluding hydrogens is 308 g/mol. The van der Waals surface area contributed by atoms with E-state index in [-0.39, 0.29) is 17.8 Å². The smallest absolute Gasteiger partial charge is 0.233 e. The van der Waals surface area contributed by atoms with Crippen molar-refractivity contribution in [3.05, 3.63) is 35.4 Å². The molecule has 2 aliphatic rings. The lowest BCUT2D eigenvalue weighted by Gasteiger charge is -2.39. The number of rotatable bonds is 3. The van der Waals surface area contributed by atoms with Crippen LogP contribution >= 0.6 is 12.4 Å². The molecule has 3 rings (SSSR count). The van der Waals surface area contributed by atoms with E-state index in [0.29, 0.717) is 11.9 Å². The number of halogens is 1. The number of hydrogen-bond donors (Lipinski definition) is 1. The van der Waals surface area contributed by atoms with Crippen LogP contribution in [0.2, 0.25) is 0 Å². The van der Waals surface area contributed by atoms with E-state index in [1.165, 1.54) is 24.0 Å². The van der Waals surface area contributed by atoms with Gasteiger partial charge in [0.2, 0.25) is 5.91 Å². The van der Waals surface area contributed by atoms with Crippen molar-refractivity contribution in [3.63, 3.8) is 0 Å². The molecule has 1 aromatic rings. The van der Waals surface area contributed by atoms with Crippen molar-refractivity contribution in [2.45, 2.75) is 56.9 Å². The van der Waals surface area contributed by atoms with Crippen LogP contribution in [0.3, 0.4) is 0 Å². The molecule has 1 amide bonds. The van der Waals surface area contributed by atoms with Gasteiger partial charge in [-0.3, -0.25) is 4.79 Å². The average molecular weight is 337 g/mol. The average Bonchev–Trinajstić information content (AvgIpc) is 3.05. The number of aryl methyl sites for hydroxylation is 1. The first-order chi connectivity index (χ1) is 10.7. The second kappa shape index (κ2) is 7.67. The van der Waals surface area contributed by atoms with Crippen LogP contribution in [0, 0.1) is 6.92 Å². The molecule has 1 aliphatic carbocycles. The Morgan fingerprint density at radius 2 is 1.87 bits per heavy atom. The summed E-state index contributed by atoms with van der Waals surface area (Å²) in [6.07, 6.45) is 6.53.